The van der Waals surface area contributed by atoms with Crippen molar-refractivity contribution in [2.24, 2.45) is 0 Å². The molecule has 0 radical (unpaired) electrons. The molecule has 0 aromatic heterocycles. The molecule has 0 heterocycles. The van der Waals surface area contributed by atoms with Crippen molar-refractivity contribution in [2.75, 3.05) is 7.11 Å². The Kier molecular flexibility index (Phi) is 125. The van der Waals surface area contributed by atoms with Gasteiger partial charge < -0.3 is 90.7 Å². The Labute approximate surface area is 419 Å². The summed E-state index contributed by atoms with van der Waals surface area (Å²) in [6, 6.07) is 0. The third-order valence-corrected chi connectivity index (χ3v) is 5.85. The maximum atomic E-state index is 10.7. The molecule has 0 spiro atoms. The molecule has 0 aromatic rings. The summed E-state index contributed by atoms with van der Waals surface area (Å²) >= 11 is 0. The molecular formula is C3H21Na9O19Si5+2. The van der Waals surface area contributed by atoms with E-state index in [0.717, 1.165) is 0 Å². The van der Waals surface area contributed by atoms with Gasteiger partial charge in [0.2, 0.25) is 0 Å². The van der Waals surface area contributed by atoms with Crippen LogP contribution in [-0.4, -0.2) is 87.0 Å². The van der Waals surface area contributed by atoms with Crippen LogP contribution in [0.2, 0.25) is 6.55 Å². The summed E-state index contributed by atoms with van der Waals surface area (Å²) in [5.74, 6) is 0. The van der Waals surface area contributed by atoms with E-state index in [1.165, 1.54) is 0 Å². The van der Waals surface area contributed by atoms with Gasteiger partial charge in [-0.25, -0.2) is 0 Å². The molecule has 0 rings (SSSR count). The van der Waals surface area contributed by atoms with E-state index in [1.54, 1.807) is 0 Å². The SMILES string of the molecule is C.CO[Si]([O-])(O)O[Si]([O-])([O-])O[Si](C)([O-])[O-].[H+].[H+].[H+].[H+].[Na+].[Na+].[Na+].[Na+].[Na+].[Na+].[Na+].[Na+].[Na+].[O-][Si](O)(O)O.[O-][Si]([O-])([O-])O.[OH-].[OH-]. The molecule has 0 bridgehead atoms. The molecule has 19 nitrogen and oxygen atoms in total. The van der Waals surface area contributed by atoms with Crippen LogP contribution in [0.1, 0.15) is 13.1 Å². The van der Waals surface area contributed by atoms with E-state index >= 15 is 0 Å². The molecule has 174 valence electrons. The van der Waals surface area contributed by atoms with E-state index < -0.39 is 45.0 Å². The van der Waals surface area contributed by atoms with Gasteiger partial charge >= 0.3 is 290 Å². The average molecular weight is 709 g/mol. The van der Waals surface area contributed by atoms with Gasteiger partial charge in [-0.2, -0.15) is 0 Å². The normalized spacial score (nSPS) is 10.3. The van der Waals surface area contributed by atoms with Crippen LogP contribution >= 0.6 is 0 Å². The second-order valence-corrected chi connectivity index (χ2v) is 11.4. The van der Waals surface area contributed by atoms with Gasteiger partial charge in [0.1, 0.15) is 9.05 Å². The minimum absolute atomic E-state index is 0. The molecule has 0 fully saturated rings. The van der Waals surface area contributed by atoms with Gasteiger partial charge in [-0.05, 0) is 8.80 Å². The maximum absolute atomic E-state index is 10.7. The fourth-order valence-corrected chi connectivity index (χ4v) is 4.40. The predicted octanol–water partition coefficient (Wildman–Crippen LogP) is -41.1. The van der Waals surface area contributed by atoms with Gasteiger partial charge in [-0.3, -0.25) is 0 Å². The molecule has 0 saturated carbocycles. The van der Waals surface area contributed by atoms with Crippen LogP contribution in [0.15, 0.2) is 0 Å². The Hall–Kier alpha value is 9.32. The molecule has 0 saturated heterocycles. The molecule has 1 atom stereocenters. The Morgan fingerprint density at radius 1 is 0.556 bits per heavy atom. The summed E-state index contributed by atoms with van der Waals surface area (Å²) in [6.07, 6.45) is 0. The summed E-state index contributed by atoms with van der Waals surface area (Å²) in [4.78, 5) is 125. The van der Waals surface area contributed by atoms with Crippen molar-refractivity contribution in [1.82, 2.24) is 0 Å². The van der Waals surface area contributed by atoms with Crippen molar-refractivity contribution in [3.63, 3.8) is 0 Å². The quantitative estimate of drug-likeness (QED) is 0.165. The topological polar surface area (TPSA) is 396 Å². The Morgan fingerprint density at radius 3 is 0.833 bits per heavy atom. The second kappa shape index (κ2) is 46.4. The van der Waals surface area contributed by atoms with Crippen molar-refractivity contribution in [1.29, 1.82) is 0 Å². The summed E-state index contributed by atoms with van der Waals surface area (Å²) in [5.41, 5.74) is 0. The predicted molar refractivity (Wildman–Crippen MR) is 70.0 cm³/mol. The van der Waals surface area contributed by atoms with Crippen molar-refractivity contribution in [2.45, 2.75) is 14.0 Å². The van der Waals surface area contributed by atoms with Crippen molar-refractivity contribution >= 4 is 45.0 Å². The first-order chi connectivity index (χ1) is 9.97. The molecular weight excluding hydrogens is 687 g/mol. The monoisotopic (exact) mass is 708 g/mol. The number of hydrogen-bond acceptors (Lipinski definition) is 19. The molecule has 7 N–H and O–H groups in total. The molecule has 0 aliphatic rings. The minimum Gasteiger partial charge on any atom is -0.870 e. The third kappa shape index (κ3) is 131. The van der Waals surface area contributed by atoms with E-state index in [1.807, 2.05) is 0 Å². The van der Waals surface area contributed by atoms with Crippen LogP contribution in [0.4, 0.5) is 0 Å². The van der Waals surface area contributed by atoms with E-state index in [-0.39, 0.29) is 290 Å². The third-order valence-electron chi connectivity index (χ3n) is 0.822. The van der Waals surface area contributed by atoms with Gasteiger partial charge in [-0.15, -0.1) is 9.05 Å². The molecule has 1 unspecified atom stereocenters. The standard InChI is InChI=1S/C2H7O9Si3.CH4.9Na.H3O4Si.HO4Si.2H2O/c1-9-13(5,6)11-14(7,8)10-12(2,3)4;;;;;;;;;;;2*1-5(2,3)4;;/h5H,1-2H3;1H4;;;;;;;;;;1-3H;1H;2*1H2/q-5;;9*+1;-1;-3;;/p+2. The fourth-order valence-electron chi connectivity index (χ4n) is 0.448. The van der Waals surface area contributed by atoms with Crippen LogP contribution in [0.3, 0.4) is 0 Å². The van der Waals surface area contributed by atoms with Crippen LogP contribution in [-0.2, 0) is 12.7 Å². The Morgan fingerprint density at radius 2 is 0.722 bits per heavy atom. The maximum Gasteiger partial charge on any atom is 1.00 e. The van der Waals surface area contributed by atoms with E-state index in [2.05, 4.69) is 12.7 Å². The first-order valence-electron chi connectivity index (χ1n) is 4.88. The van der Waals surface area contributed by atoms with Crippen LogP contribution in [0.25, 0.3) is 0 Å². The average Bonchev–Trinajstić information content (AvgIpc) is 2.05. The first kappa shape index (κ1) is 96.8. The summed E-state index contributed by atoms with van der Waals surface area (Å²) in [6.45, 7) is 0.492. The van der Waals surface area contributed by atoms with E-state index in [4.69, 9.17) is 43.2 Å². The first-order valence-corrected chi connectivity index (χ1v) is 13.8. The van der Waals surface area contributed by atoms with Crippen LogP contribution < -0.4 is 309 Å². The zero-order chi connectivity index (χ0) is 20.6. The molecule has 0 aromatic carbocycles. The van der Waals surface area contributed by atoms with Crippen molar-refractivity contribution in [3.8, 4) is 0 Å². The molecule has 0 aliphatic carbocycles. The van der Waals surface area contributed by atoms with E-state index in [9.17, 15) is 24.0 Å². The van der Waals surface area contributed by atoms with Gasteiger partial charge in [0.15, 0.2) is 0 Å². The van der Waals surface area contributed by atoms with Crippen molar-refractivity contribution < 1.29 is 362 Å². The van der Waals surface area contributed by atoms with Crippen LogP contribution in [0, 0.1) is 0 Å². The summed E-state index contributed by atoms with van der Waals surface area (Å²) in [5, 5.41) is 0. The summed E-state index contributed by atoms with van der Waals surface area (Å²) in [7, 11) is -25.2. The van der Waals surface area contributed by atoms with Gasteiger partial charge in [0, 0.05) is 7.11 Å². The zero-order valence-corrected chi connectivity index (χ0v) is 44.5. The molecule has 33 heteroatoms. The number of rotatable bonds is 5. The minimum atomic E-state index is -5.68. The van der Waals surface area contributed by atoms with Gasteiger partial charge in [0.25, 0.3) is 0 Å². The number of hydrogen-bond donors (Lipinski definition) is 5. The van der Waals surface area contributed by atoms with Crippen molar-refractivity contribution in [3.05, 3.63) is 0 Å². The van der Waals surface area contributed by atoms with Gasteiger partial charge in [0.05, 0.1) is 0 Å². The second-order valence-electron chi connectivity index (χ2n) is 3.39. The zero-order valence-electron chi connectivity index (χ0n) is 25.5. The molecule has 36 heavy (non-hydrogen) atoms. The molecule has 0 amide bonds. The largest absolute Gasteiger partial charge is 1.00 e. The van der Waals surface area contributed by atoms with E-state index in [0.29, 0.717) is 13.7 Å². The summed E-state index contributed by atoms with van der Waals surface area (Å²) < 4.78 is 10.8. The fraction of sp³-hybridized carbons (Fsp3) is 1.00. The van der Waals surface area contributed by atoms with Crippen LogP contribution in [0.5, 0.6) is 0 Å². The Bertz CT molecular complexity index is 352. The smallest absolute Gasteiger partial charge is 0.870 e. The van der Waals surface area contributed by atoms with Gasteiger partial charge in [-0.1, -0.05) is 14.0 Å². The molecule has 0 aliphatic heterocycles. The Balaban J connectivity index is -0.00000000900.